The molecule has 27 heavy (non-hydrogen) atoms. The predicted octanol–water partition coefficient (Wildman–Crippen LogP) is 2.20. The number of aromatic nitrogens is 3. The third-order valence-electron chi connectivity index (χ3n) is 6.05. The number of aryl methyl sites for hydroxylation is 2. The minimum Gasteiger partial charge on any atom is -0.408 e. The van der Waals surface area contributed by atoms with E-state index >= 15 is 0 Å². The zero-order chi connectivity index (χ0) is 18.5. The summed E-state index contributed by atoms with van der Waals surface area (Å²) in [6.45, 7) is 3.26. The van der Waals surface area contributed by atoms with Crippen LogP contribution >= 0.6 is 0 Å². The summed E-state index contributed by atoms with van der Waals surface area (Å²) < 4.78 is 7.07. The number of likely N-dealkylation sites (tertiary alicyclic amines) is 1. The summed E-state index contributed by atoms with van der Waals surface area (Å²) in [7, 11) is 0. The van der Waals surface area contributed by atoms with E-state index in [0.29, 0.717) is 18.7 Å². The van der Waals surface area contributed by atoms with Gasteiger partial charge in [-0.15, -0.1) is 0 Å². The highest BCUT2D eigenvalue weighted by Crippen LogP contribution is 2.31. The molecule has 5 rings (SSSR count). The molecule has 0 bridgehead atoms. The molecule has 1 amide bonds. The number of H-pyrrole nitrogens is 1. The van der Waals surface area contributed by atoms with Crippen LogP contribution in [0, 0.1) is 12.8 Å². The van der Waals surface area contributed by atoms with Crippen LogP contribution in [-0.4, -0.2) is 38.7 Å². The smallest absolute Gasteiger partial charge is 0.408 e. The van der Waals surface area contributed by atoms with E-state index in [9.17, 15) is 9.59 Å². The summed E-state index contributed by atoms with van der Waals surface area (Å²) >= 11 is 0. The van der Waals surface area contributed by atoms with Crippen molar-refractivity contribution in [3.8, 4) is 0 Å². The van der Waals surface area contributed by atoms with Gasteiger partial charge < -0.3 is 9.32 Å². The number of rotatable bonds is 2. The molecule has 1 saturated heterocycles. The first kappa shape index (κ1) is 16.4. The average Bonchev–Trinajstić information content (AvgIpc) is 3.37. The van der Waals surface area contributed by atoms with Crippen molar-refractivity contribution >= 4 is 17.0 Å². The van der Waals surface area contributed by atoms with Crippen LogP contribution in [0.25, 0.3) is 11.1 Å². The lowest BCUT2D eigenvalue weighted by Crippen LogP contribution is -2.37. The van der Waals surface area contributed by atoms with Crippen LogP contribution < -0.4 is 5.76 Å². The van der Waals surface area contributed by atoms with Gasteiger partial charge in [0, 0.05) is 24.7 Å². The van der Waals surface area contributed by atoms with E-state index < -0.39 is 0 Å². The van der Waals surface area contributed by atoms with Crippen LogP contribution in [0.4, 0.5) is 0 Å². The van der Waals surface area contributed by atoms with Crippen molar-refractivity contribution in [2.45, 2.75) is 38.6 Å². The number of fused-ring (bicyclic) bond motifs is 2. The van der Waals surface area contributed by atoms with E-state index in [1.54, 1.807) is 10.6 Å². The van der Waals surface area contributed by atoms with Gasteiger partial charge in [-0.3, -0.25) is 14.5 Å². The van der Waals surface area contributed by atoms with E-state index in [0.717, 1.165) is 42.6 Å². The van der Waals surface area contributed by atoms with Gasteiger partial charge in [-0.05, 0) is 50.3 Å². The van der Waals surface area contributed by atoms with Gasteiger partial charge in [0.1, 0.15) is 0 Å². The molecule has 1 aromatic carbocycles. The maximum atomic E-state index is 13.1. The highest BCUT2D eigenvalue weighted by molar-refractivity contribution is 5.80. The number of aromatic amines is 1. The fourth-order valence-corrected chi connectivity index (χ4v) is 4.59. The van der Waals surface area contributed by atoms with Crippen LogP contribution in [0.15, 0.2) is 33.5 Å². The quantitative estimate of drug-likeness (QED) is 0.754. The largest absolute Gasteiger partial charge is 0.420 e. The SMILES string of the molecule is Cc1[nH]nc2c1CC(C(=O)N1CCC(n3c(=O)oc4ccccc43)C1)CC2. The molecule has 7 nitrogen and oxygen atoms in total. The van der Waals surface area contributed by atoms with Gasteiger partial charge in [-0.1, -0.05) is 12.1 Å². The van der Waals surface area contributed by atoms with Crippen molar-refractivity contribution in [3.63, 3.8) is 0 Å². The molecule has 1 aliphatic carbocycles. The van der Waals surface area contributed by atoms with Crippen LogP contribution in [0.2, 0.25) is 0 Å². The van der Waals surface area contributed by atoms with Crippen molar-refractivity contribution in [2.24, 2.45) is 5.92 Å². The number of amides is 1. The Hall–Kier alpha value is -2.83. The summed E-state index contributed by atoms with van der Waals surface area (Å²) in [4.78, 5) is 27.3. The maximum absolute atomic E-state index is 13.1. The Morgan fingerprint density at radius 3 is 3.04 bits per heavy atom. The molecule has 1 fully saturated rings. The number of oxazole rings is 1. The monoisotopic (exact) mass is 366 g/mol. The predicted molar refractivity (Wildman–Crippen MR) is 99.5 cm³/mol. The van der Waals surface area contributed by atoms with Crippen molar-refractivity contribution in [1.29, 1.82) is 0 Å². The lowest BCUT2D eigenvalue weighted by molar-refractivity contribution is -0.134. The maximum Gasteiger partial charge on any atom is 0.420 e. The van der Waals surface area contributed by atoms with Crippen molar-refractivity contribution in [2.75, 3.05) is 13.1 Å². The number of para-hydroxylation sites is 2. The van der Waals surface area contributed by atoms with E-state index in [1.165, 1.54) is 5.56 Å². The molecule has 1 aliphatic heterocycles. The molecule has 1 N–H and O–H groups in total. The topological polar surface area (TPSA) is 84.1 Å². The summed E-state index contributed by atoms with van der Waals surface area (Å²) in [6, 6.07) is 7.43. The first-order chi connectivity index (χ1) is 13.1. The molecule has 0 saturated carbocycles. The van der Waals surface area contributed by atoms with Gasteiger partial charge in [-0.25, -0.2) is 4.79 Å². The van der Waals surface area contributed by atoms with Gasteiger partial charge >= 0.3 is 5.76 Å². The van der Waals surface area contributed by atoms with E-state index in [4.69, 9.17) is 4.42 Å². The molecule has 3 aromatic rings. The average molecular weight is 366 g/mol. The second kappa shape index (κ2) is 6.11. The lowest BCUT2D eigenvalue weighted by Gasteiger charge is -2.26. The van der Waals surface area contributed by atoms with Gasteiger partial charge in [0.05, 0.1) is 17.3 Å². The van der Waals surface area contributed by atoms with E-state index in [2.05, 4.69) is 10.2 Å². The normalized spacial score (nSPS) is 22.3. The Bertz CT molecular complexity index is 1080. The number of nitrogens with one attached hydrogen (secondary N) is 1. The molecule has 2 atom stereocenters. The minimum atomic E-state index is -0.341. The second-order valence-electron chi connectivity index (χ2n) is 7.65. The number of benzene rings is 1. The van der Waals surface area contributed by atoms with Crippen molar-refractivity contribution in [1.82, 2.24) is 19.7 Å². The third kappa shape index (κ3) is 2.60. The summed E-state index contributed by atoms with van der Waals surface area (Å²) in [5, 5.41) is 7.37. The molecule has 0 radical (unpaired) electrons. The van der Waals surface area contributed by atoms with Gasteiger partial charge in [0.15, 0.2) is 5.58 Å². The summed E-state index contributed by atoms with van der Waals surface area (Å²) in [5.74, 6) is -0.137. The Morgan fingerprint density at radius 1 is 1.30 bits per heavy atom. The lowest BCUT2D eigenvalue weighted by atomic mass is 9.85. The number of carbonyl (C=O) groups is 1. The Morgan fingerprint density at radius 2 is 2.15 bits per heavy atom. The van der Waals surface area contributed by atoms with Crippen LogP contribution in [-0.2, 0) is 17.6 Å². The van der Waals surface area contributed by atoms with Crippen LogP contribution in [0.3, 0.4) is 0 Å². The van der Waals surface area contributed by atoms with Crippen LogP contribution in [0.5, 0.6) is 0 Å². The molecular formula is C20H22N4O3. The number of carbonyl (C=O) groups excluding carboxylic acids is 1. The third-order valence-corrected chi connectivity index (χ3v) is 6.05. The molecule has 2 aliphatic rings. The first-order valence-corrected chi connectivity index (χ1v) is 9.53. The fraction of sp³-hybridized carbons (Fsp3) is 0.450. The molecule has 0 spiro atoms. The van der Waals surface area contributed by atoms with E-state index in [1.807, 2.05) is 30.0 Å². The Labute approximate surface area is 156 Å². The Kier molecular flexibility index (Phi) is 3.70. The zero-order valence-electron chi connectivity index (χ0n) is 15.3. The Balaban J connectivity index is 1.35. The van der Waals surface area contributed by atoms with Gasteiger partial charge in [-0.2, -0.15) is 5.10 Å². The fourth-order valence-electron chi connectivity index (χ4n) is 4.59. The van der Waals surface area contributed by atoms with Crippen molar-refractivity contribution in [3.05, 3.63) is 51.8 Å². The number of nitrogens with zero attached hydrogens (tertiary/aromatic N) is 3. The summed E-state index contributed by atoms with van der Waals surface area (Å²) in [6.07, 6.45) is 3.22. The first-order valence-electron chi connectivity index (χ1n) is 9.53. The standard InChI is InChI=1S/C20H22N4O3/c1-12-15-10-13(6-7-16(15)22-21-12)19(25)23-9-8-14(11-23)24-17-4-2-3-5-18(17)27-20(24)26/h2-5,13-14H,6-11H2,1H3,(H,21,22). The molecule has 140 valence electrons. The zero-order valence-corrected chi connectivity index (χ0v) is 15.3. The van der Waals surface area contributed by atoms with Crippen molar-refractivity contribution < 1.29 is 9.21 Å². The molecule has 2 unspecified atom stereocenters. The minimum absolute atomic E-state index is 0.00497. The highest BCUT2D eigenvalue weighted by Gasteiger charge is 2.35. The second-order valence-corrected chi connectivity index (χ2v) is 7.65. The number of hydrogen-bond donors (Lipinski definition) is 1. The van der Waals surface area contributed by atoms with Gasteiger partial charge in [0.25, 0.3) is 0 Å². The van der Waals surface area contributed by atoms with Gasteiger partial charge in [0.2, 0.25) is 5.91 Å². The van der Waals surface area contributed by atoms with E-state index in [-0.39, 0.29) is 23.6 Å². The number of hydrogen-bond acceptors (Lipinski definition) is 4. The molecule has 2 aromatic heterocycles. The molecular weight excluding hydrogens is 344 g/mol. The molecule has 3 heterocycles. The summed E-state index contributed by atoms with van der Waals surface area (Å²) in [5.41, 5.74) is 4.78. The highest BCUT2D eigenvalue weighted by atomic mass is 16.4. The molecule has 7 heteroatoms. The van der Waals surface area contributed by atoms with Crippen LogP contribution in [0.1, 0.15) is 35.8 Å².